The molecule has 0 saturated carbocycles. The van der Waals surface area contributed by atoms with E-state index in [0.29, 0.717) is 26.8 Å². The van der Waals surface area contributed by atoms with Crippen LogP contribution in [0.5, 0.6) is 11.5 Å². The van der Waals surface area contributed by atoms with Gasteiger partial charge in [0.15, 0.2) is 17.3 Å². The summed E-state index contributed by atoms with van der Waals surface area (Å²) in [5.74, 6) is 1.69. The van der Waals surface area contributed by atoms with Crippen LogP contribution in [0.3, 0.4) is 0 Å². The van der Waals surface area contributed by atoms with Crippen molar-refractivity contribution in [1.82, 2.24) is 14.6 Å². The second kappa shape index (κ2) is 6.85. The normalized spacial score (nSPS) is 11.9. The highest BCUT2D eigenvalue weighted by Gasteiger charge is 2.14. The van der Waals surface area contributed by atoms with Gasteiger partial charge in [-0.2, -0.15) is 9.50 Å². The number of fused-ring (bicyclic) bond motifs is 1. The van der Waals surface area contributed by atoms with Crippen LogP contribution in [0.4, 0.5) is 0 Å². The van der Waals surface area contributed by atoms with Gasteiger partial charge in [0.05, 0.1) is 18.8 Å². The van der Waals surface area contributed by atoms with Gasteiger partial charge in [-0.1, -0.05) is 41.2 Å². The van der Waals surface area contributed by atoms with E-state index in [2.05, 4.69) is 10.1 Å². The Hall–Kier alpha value is -3.19. The largest absolute Gasteiger partial charge is 0.493 e. The lowest BCUT2D eigenvalue weighted by Crippen LogP contribution is -2.23. The van der Waals surface area contributed by atoms with E-state index in [4.69, 9.17) is 9.47 Å². The number of nitrogens with zero attached hydrogens (tertiary/aromatic N) is 3. The van der Waals surface area contributed by atoms with E-state index in [9.17, 15) is 4.79 Å². The fraction of sp³-hybridized carbons (Fsp3) is 0.150. The number of thiazole rings is 1. The summed E-state index contributed by atoms with van der Waals surface area (Å²) in [6.45, 7) is 2.03. The summed E-state index contributed by atoms with van der Waals surface area (Å²) < 4.78 is 12.5. The van der Waals surface area contributed by atoms with Crippen molar-refractivity contribution < 1.29 is 9.47 Å². The third kappa shape index (κ3) is 3.17. The summed E-state index contributed by atoms with van der Waals surface area (Å²) in [6.07, 6.45) is 1.86. The Morgan fingerprint density at radius 3 is 2.44 bits per heavy atom. The molecule has 0 N–H and O–H groups in total. The SMILES string of the molecule is COc1ccc(-c2nc3sc(=Cc4ccc(C)cc4)c(=O)n3n2)cc1OC. The Morgan fingerprint density at radius 1 is 1.04 bits per heavy atom. The fourth-order valence-electron chi connectivity index (χ4n) is 2.75. The van der Waals surface area contributed by atoms with Crippen molar-refractivity contribution in [2.75, 3.05) is 14.2 Å². The molecule has 6 nitrogen and oxygen atoms in total. The number of aryl methyl sites for hydroxylation is 1. The standard InChI is InChI=1S/C20H17N3O3S/c1-12-4-6-13(7-5-12)10-17-19(24)23-20(27-17)21-18(22-23)14-8-9-15(25-2)16(11-14)26-3/h4-11H,1-3H3. The monoisotopic (exact) mass is 379 g/mol. The molecule has 4 rings (SSSR count). The molecule has 0 radical (unpaired) electrons. The van der Waals surface area contributed by atoms with Crippen LogP contribution in [-0.2, 0) is 0 Å². The Kier molecular flexibility index (Phi) is 4.37. The van der Waals surface area contributed by atoms with Gasteiger partial charge in [0.25, 0.3) is 5.56 Å². The molecule has 2 aromatic carbocycles. The molecule has 2 heterocycles. The maximum Gasteiger partial charge on any atom is 0.291 e. The summed E-state index contributed by atoms with van der Waals surface area (Å²) in [4.78, 5) is 17.7. The molecule has 0 amide bonds. The van der Waals surface area contributed by atoms with Gasteiger partial charge in [0.1, 0.15) is 0 Å². The van der Waals surface area contributed by atoms with Crippen molar-refractivity contribution in [3.8, 4) is 22.9 Å². The third-order valence-electron chi connectivity index (χ3n) is 4.20. The van der Waals surface area contributed by atoms with E-state index in [0.717, 1.165) is 11.1 Å². The van der Waals surface area contributed by atoms with Crippen molar-refractivity contribution in [1.29, 1.82) is 0 Å². The summed E-state index contributed by atoms with van der Waals surface area (Å²) >= 11 is 1.32. The smallest absolute Gasteiger partial charge is 0.291 e. The molecular weight excluding hydrogens is 362 g/mol. The average Bonchev–Trinajstić information content (AvgIpc) is 3.23. The van der Waals surface area contributed by atoms with E-state index < -0.39 is 0 Å². The van der Waals surface area contributed by atoms with Crippen LogP contribution in [-0.4, -0.2) is 28.8 Å². The Balaban J connectivity index is 1.77. The third-order valence-corrected chi connectivity index (χ3v) is 5.16. The van der Waals surface area contributed by atoms with Crippen LogP contribution in [0.25, 0.3) is 22.4 Å². The van der Waals surface area contributed by atoms with E-state index in [1.165, 1.54) is 21.4 Å². The molecule has 0 bridgehead atoms. The van der Waals surface area contributed by atoms with Crippen molar-refractivity contribution in [2.24, 2.45) is 0 Å². The molecule has 0 aliphatic rings. The molecule has 0 atom stereocenters. The number of aromatic nitrogens is 3. The number of rotatable bonds is 4. The van der Waals surface area contributed by atoms with Crippen LogP contribution in [0.2, 0.25) is 0 Å². The minimum Gasteiger partial charge on any atom is -0.493 e. The molecule has 0 aliphatic heterocycles. The molecule has 0 saturated heterocycles. The van der Waals surface area contributed by atoms with Gasteiger partial charge in [0.2, 0.25) is 4.96 Å². The predicted octanol–water partition coefficient (Wildman–Crippen LogP) is 2.69. The predicted molar refractivity (Wildman–Crippen MR) is 106 cm³/mol. The highest BCUT2D eigenvalue weighted by molar-refractivity contribution is 7.15. The minimum absolute atomic E-state index is 0.171. The molecule has 0 spiro atoms. The first-order chi connectivity index (χ1) is 13.1. The van der Waals surface area contributed by atoms with Gasteiger partial charge in [0, 0.05) is 5.56 Å². The van der Waals surface area contributed by atoms with E-state index in [-0.39, 0.29) is 5.56 Å². The van der Waals surface area contributed by atoms with E-state index in [1.807, 2.05) is 43.3 Å². The van der Waals surface area contributed by atoms with Crippen LogP contribution < -0.4 is 19.6 Å². The lowest BCUT2D eigenvalue weighted by molar-refractivity contribution is 0.355. The van der Waals surface area contributed by atoms with Crippen molar-refractivity contribution in [3.05, 3.63) is 68.5 Å². The summed E-state index contributed by atoms with van der Waals surface area (Å²) in [7, 11) is 3.15. The van der Waals surface area contributed by atoms with Gasteiger partial charge in [-0.15, -0.1) is 5.10 Å². The summed E-state index contributed by atoms with van der Waals surface area (Å²) in [5, 5.41) is 4.38. The maximum absolute atomic E-state index is 12.7. The fourth-order valence-corrected chi connectivity index (χ4v) is 3.65. The lowest BCUT2D eigenvalue weighted by Gasteiger charge is -2.07. The van der Waals surface area contributed by atoms with Gasteiger partial charge < -0.3 is 9.47 Å². The lowest BCUT2D eigenvalue weighted by atomic mass is 10.1. The zero-order valence-electron chi connectivity index (χ0n) is 15.1. The molecule has 0 unspecified atom stereocenters. The molecule has 136 valence electrons. The molecule has 27 heavy (non-hydrogen) atoms. The molecule has 2 aromatic heterocycles. The first-order valence-corrected chi connectivity index (χ1v) is 9.11. The Morgan fingerprint density at radius 2 is 1.78 bits per heavy atom. The second-order valence-electron chi connectivity index (χ2n) is 6.03. The quantitative estimate of drug-likeness (QED) is 0.545. The van der Waals surface area contributed by atoms with Crippen LogP contribution in [0, 0.1) is 6.92 Å². The number of benzene rings is 2. The average molecular weight is 379 g/mol. The Bertz CT molecular complexity index is 1230. The van der Waals surface area contributed by atoms with Gasteiger partial charge >= 0.3 is 0 Å². The van der Waals surface area contributed by atoms with Crippen molar-refractivity contribution in [2.45, 2.75) is 6.92 Å². The minimum atomic E-state index is -0.171. The Labute approximate surface area is 159 Å². The van der Waals surface area contributed by atoms with Gasteiger partial charge in [-0.05, 0) is 36.8 Å². The zero-order chi connectivity index (χ0) is 19.0. The second-order valence-corrected chi connectivity index (χ2v) is 7.04. The van der Waals surface area contributed by atoms with Crippen LogP contribution in [0.15, 0.2) is 47.3 Å². The highest BCUT2D eigenvalue weighted by Crippen LogP contribution is 2.31. The van der Waals surface area contributed by atoms with Gasteiger partial charge in [-0.25, -0.2) is 0 Å². The molecular formula is C20H17N3O3S. The molecule has 0 aliphatic carbocycles. The van der Waals surface area contributed by atoms with Gasteiger partial charge in [-0.3, -0.25) is 4.79 Å². The van der Waals surface area contributed by atoms with Crippen LogP contribution >= 0.6 is 11.3 Å². The number of methoxy groups -OCH3 is 2. The molecule has 0 fully saturated rings. The van der Waals surface area contributed by atoms with Crippen molar-refractivity contribution >= 4 is 22.4 Å². The van der Waals surface area contributed by atoms with Crippen molar-refractivity contribution in [3.63, 3.8) is 0 Å². The van der Waals surface area contributed by atoms with E-state index in [1.54, 1.807) is 26.4 Å². The number of hydrogen-bond donors (Lipinski definition) is 0. The molecule has 7 heteroatoms. The molecule has 4 aromatic rings. The van der Waals surface area contributed by atoms with Crippen LogP contribution in [0.1, 0.15) is 11.1 Å². The maximum atomic E-state index is 12.7. The summed E-state index contributed by atoms with van der Waals surface area (Å²) in [5.41, 5.74) is 2.74. The topological polar surface area (TPSA) is 65.7 Å². The van der Waals surface area contributed by atoms with E-state index >= 15 is 0 Å². The first kappa shape index (κ1) is 17.2. The number of ether oxygens (including phenoxy) is 2. The zero-order valence-corrected chi connectivity index (χ0v) is 15.9. The number of hydrogen-bond acceptors (Lipinski definition) is 6. The summed E-state index contributed by atoms with van der Waals surface area (Å²) in [6, 6.07) is 13.4. The highest BCUT2D eigenvalue weighted by atomic mass is 32.1. The first-order valence-electron chi connectivity index (χ1n) is 8.29.